The van der Waals surface area contributed by atoms with Crippen LogP contribution in [0.3, 0.4) is 0 Å². The molecule has 36 heavy (non-hydrogen) atoms. The fourth-order valence-corrected chi connectivity index (χ4v) is 4.75. The summed E-state index contributed by atoms with van der Waals surface area (Å²) in [5, 5.41) is 13.0. The molecule has 0 bridgehead atoms. The minimum Gasteiger partial charge on any atom is -0.494 e. The van der Waals surface area contributed by atoms with Crippen LogP contribution in [0.15, 0.2) is 24.3 Å². The van der Waals surface area contributed by atoms with Gasteiger partial charge in [0.15, 0.2) is 0 Å². The van der Waals surface area contributed by atoms with Crippen molar-refractivity contribution in [1.29, 1.82) is 0 Å². The molecule has 8 nitrogen and oxygen atoms in total. The number of nitrogens with one attached hydrogen (secondary N) is 1. The molecule has 1 aromatic carbocycles. The van der Waals surface area contributed by atoms with Gasteiger partial charge in [-0.3, -0.25) is 14.4 Å². The van der Waals surface area contributed by atoms with Crippen molar-refractivity contribution in [2.24, 2.45) is 11.3 Å². The minimum atomic E-state index is -1.00. The molecule has 0 radical (unpaired) electrons. The fraction of sp³-hybridized carbons (Fsp3) is 0.667. The van der Waals surface area contributed by atoms with Crippen LogP contribution in [0.4, 0.5) is 0 Å². The Kier molecular flexibility index (Phi) is 11.5. The van der Waals surface area contributed by atoms with E-state index in [4.69, 9.17) is 25.8 Å². The van der Waals surface area contributed by atoms with Gasteiger partial charge in [0.05, 0.1) is 24.4 Å². The van der Waals surface area contributed by atoms with Crippen molar-refractivity contribution in [3.8, 4) is 5.75 Å². The maximum atomic E-state index is 13.6. The van der Waals surface area contributed by atoms with Gasteiger partial charge in [0.2, 0.25) is 5.91 Å². The van der Waals surface area contributed by atoms with Crippen molar-refractivity contribution in [3.63, 3.8) is 0 Å². The van der Waals surface area contributed by atoms with Crippen LogP contribution in [-0.4, -0.2) is 54.9 Å². The Labute approximate surface area is 219 Å². The molecule has 0 aliphatic heterocycles. The van der Waals surface area contributed by atoms with E-state index in [-0.39, 0.29) is 24.9 Å². The summed E-state index contributed by atoms with van der Waals surface area (Å²) >= 11 is 5.90. The van der Waals surface area contributed by atoms with Crippen molar-refractivity contribution in [2.45, 2.75) is 83.8 Å². The number of aliphatic carboxylic acids is 1. The quantitative estimate of drug-likeness (QED) is 0.328. The molecule has 1 aliphatic carbocycles. The van der Waals surface area contributed by atoms with Gasteiger partial charge in [0.25, 0.3) is 0 Å². The van der Waals surface area contributed by atoms with Crippen LogP contribution in [0.5, 0.6) is 5.75 Å². The van der Waals surface area contributed by atoms with Crippen LogP contribution in [0.25, 0.3) is 0 Å². The molecule has 2 atom stereocenters. The van der Waals surface area contributed by atoms with E-state index in [0.717, 1.165) is 12.8 Å². The summed E-state index contributed by atoms with van der Waals surface area (Å²) in [6.07, 6.45) is 3.95. The Hall–Kier alpha value is -2.32. The van der Waals surface area contributed by atoms with E-state index in [2.05, 4.69) is 5.32 Å². The van der Waals surface area contributed by atoms with Crippen molar-refractivity contribution in [3.05, 3.63) is 29.3 Å². The van der Waals surface area contributed by atoms with Crippen molar-refractivity contribution in [2.75, 3.05) is 20.3 Å². The molecule has 202 valence electrons. The summed E-state index contributed by atoms with van der Waals surface area (Å²) in [5.41, 5.74) is -1.38. The number of rotatable bonds is 14. The van der Waals surface area contributed by atoms with Gasteiger partial charge in [-0.15, -0.1) is 0 Å². The number of hydrogen-bond acceptors (Lipinski definition) is 6. The third kappa shape index (κ3) is 9.97. The number of carbonyl (C=O) groups excluding carboxylic acids is 2. The number of carbonyl (C=O) groups is 3. The van der Waals surface area contributed by atoms with Gasteiger partial charge >= 0.3 is 11.9 Å². The van der Waals surface area contributed by atoms with E-state index in [0.29, 0.717) is 49.5 Å². The van der Waals surface area contributed by atoms with Gasteiger partial charge < -0.3 is 24.6 Å². The first-order valence-corrected chi connectivity index (χ1v) is 12.9. The monoisotopic (exact) mass is 525 g/mol. The van der Waals surface area contributed by atoms with Gasteiger partial charge in [-0.05, 0) is 70.7 Å². The first kappa shape index (κ1) is 29.9. The third-order valence-corrected chi connectivity index (χ3v) is 6.65. The van der Waals surface area contributed by atoms with Gasteiger partial charge in [-0.2, -0.15) is 0 Å². The first-order chi connectivity index (χ1) is 16.9. The van der Waals surface area contributed by atoms with Gasteiger partial charge in [-0.25, -0.2) is 0 Å². The number of methoxy groups -OCH3 is 1. The molecular formula is C27H40ClNO7. The zero-order valence-corrected chi connectivity index (χ0v) is 22.6. The summed E-state index contributed by atoms with van der Waals surface area (Å²) in [5.74, 6) is -1.41. The van der Waals surface area contributed by atoms with Gasteiger partial charge in [0, 0.05) is 31.2 Å². The van der Waals surface area contributed by atoms with Crippen LogP contribution in [0, 0.1) is 11.3 Å². The highest BCUT2D eigenvalue weighted by atomic mass is 35.5. The zero-order chi connectivity index (χ0) is 26.8. The third-order valence-electron chi connectivity index (χ3n) is 6.39. The predicted molar refractivity (Wildman–Crippen MR) is 137 cm³/mol. The number of esters is 1. The average Bonchev–Trinajstić information content (AvgIpc) is 3.26. The molecular weight excluding hydrogens is 486 g/mol. The van der Waals surface area contributed by atoms with E-state index in [9.17, 15) is 19.5 Å². The van der Waals surface area contributed by atoms with E-state index < -0.39 is 28.9 Å². The van der Waals surface area contributed by atoms with Crippen LogP contribution in [0.2, 0.25) is 5.02 Å². The molecule has 1 aromatic rings. The van der Waals surface area contributed by atoms with Crippen molar-refractivity contribution >= 4 is 29.4 Å². The largest absolute Gasteiger partial charge is 0.494 e. The number of benzene rings is 1. The lowest BCUT2D eigenvalue weighted by Crippen LogP contribution is -2.47. The van der Waals surface area contributed by atoms with Crippen LogP contribution >= 0.6 is 11.6 Å². The Morgan fingerprint density at radius 3 is 2.28 bits per heavy atom. The maximum absolute atomic E-state index is 13.6. The lowest BCUT2D eigenvalue weighted by molar-refractivity contribution is -0.162. The van der Waals surface area contributed by atoms with E-state index in [1.165, 1.54) is 0 Å². The number of ether oxygens (including phenoxy) is 3. The molecule has 1 aliphatic rings. The standard InChI is InChI=1S/C27H40ClNO7/c1-26(2,3)36-24(32)19(11-15-34-4)18-27(13-5-6-14-27)25(33)29-21(17-23(30)31)12-16-35-22-9-7-20(28)8-10-22/h7-10,19,21H,5-6,11-18H2,1-4H3,(H,29,33)(H,30,31)/t19-,21+/m1/s1. The smallest absolute Gasteiger partial charge is 0.309 e. The molecule has 0 saturated heterocycles. The second kappa shape index (κ2) is 13.8. The number of carboxylic acids is 1. The normalized spacial score (nSPS) is 16.7. The maximum Gasteiger partial charge on any atom is 0.309 e. The minimum absolute atomic E-state index is 0.205. The molecule has 2 rings (SSSR count). The molecule has 0 unspecified atom stereocenters. The summed E-state index contributed by atoms with van der Waals surface area (Å²) in [4.78, 5) is 38.1. The van der Waals surface area contributed by atoms with Crippen molar-refractivity contribution in [1.82, 2.24) is 5.32 Å². The zero-order valence-electron chi connectivity index (χ0n) is 21.8. The van der Waals surface area contributed by atoms with Crippen molar-refractivity contribution < 1.29 is 33.7 Å². The average molecular weight is 526 g/mol. The number of halogens is 1. The molecule has 1 fully saturated rings. The number of carboxylic acid groups (broad SMARTS) is 1. The van der Waals surface area contributed by atoms with Crippen LogP contribution in [0.1, 0.15) is 72.1 Å². The molecule has 0 heterocycles. The molecule has 1 saturated carbocycles. The molecule has 9 heteroatoms. The molecule has 2 N–H and O–H groups in total. The Balaban J connectivity index is 2.10. The second-order valence-electron chi connectivity index (χ2n) is 10.6. The summed E-state index contributed by atoms with van der Waals surface area (Å²) in [6, 6.07) is 6.29. The molecule has 0 spiro atoms. The lowest BCUT2D eigenvalue weighted by Gasteiger charge is -2.34. The topological polar surface area (TPSA) is 111 Å². The SMILES string of the molecule is COCC[C@H](CC1(C(=O)N[C@@H](CCOc2ccc(Cl)cc2)CC(=O)O)CCCC1)C(=O)OC(C)(C)C. The fourth-order valence-electron chi connectivity index (χ4n) is 4.62. The van der Waals surface area contributed by atoms with E-state index >= 15 is 0 Å². The second-order valence-corrected chi connectivity index (χ2v) is 11.0. The summed E-state index contributed by atoms with van der Waals surface area (Å²) in [6.45, 7) is 6.07. The van der Waals surface area contributed by atoms with Gasteiger partial charge in [-0.1, -0.05) is 24.4 Å². The highest BCUT2D eigenvalue weighted by Crippen LogP contribution is 2.44. The predicted octanol–water partition coefficient (Wildman–Crippen LogP) is 5.01. The van der Waals surface area contributed by atoms with E-state index in [1.807, 2.05) is 20.8 Å². The Morgan fingerprint density at radius 2 is 1.72 bits per heavy atom. The highest BCUT2D eigenvalue weighted by molar-refractivity contribution is 6.30. The summed E-state index contributed by atoms with van der Waals surface area (Å²) in [7, 11) is 1.58. The van der Waals surface area contributed by atoms with Gasteiger partial charge in [0.1, 0.15) is 11.4 Å². The molecule has 1 amide bonds. The first-order valence-electron chi connectivity index (χ1n) is 12.6. The molecule has 0 aromatic heterocycles. The van der Waals surface area contributed by atoms with E-state index in [1.54, 1.807) is 31.4 Å². The Morgan fingerprint density at radius 1 is 1.08 bits per heavy atom. The van der Waals surface area contributed by atoms with Crippen LogP contribution < -0.4 is 10.1 Å². The Bertz CT molecular complexity index is 860. The number of amides is 1. The van der Waals surface area contributed by atoms with Crippen LogP contribution in [-0.2, 0) is 23.9 Å². The lowest BCUT2D eigenvalue weighted by atomic mass is 9.75. The highest BCUT2D eigenvalue weighted by Gasteiger charge is 2.45. The summed E-state index contributed by atoms with van der Waals surface area (Å²) < 4.78 is 16.6. The number of hydrogen-bond donors (Lipinski definition) is 2.